The molecule has 0 heterocycles. The lowest BCUT2D eigenvalue weighted by Crippen LogP contribution is -1.95. The molecule has 0 amide bonds. The maximum absolute atomic E-state index is 10.8. The van der Waals surface area contributed by atoms with Gasteiger partial charge in [0.2, 0.25) is 0 Å². The minimum absolute atomic E-state index is 0.207. The lowest BCUT2D eigenvalue weighted by Gasteiger charge is -2.13. The van der Waals surface area contributed by atoms with Gasteiger partial charge in [-0.05, 0) is 30.7 Å². The van der Waals surface area contributed by atoms with E-state index in [0.29, 0.717) is 17.1 Å². The molecule has 0 fully saturated rings. The highest BCUT2D eigenvalue weighted by molar-refractivity contribution is 7.99. The van der Waals surface area contributed by atoms with Gasteiger partial charge < -0.3 is 14.6 Å². The highest BCUT2D eigenvalue weighted by Gasteiger charge is 2.12. The van der Waals surface area contributed by atoms with Gasteiger partial charge in [0.1, 0.15) is 17.8 Å². The molecule has 0 aliphatic heterocycles. The number of carbonyl (C=O) groups excluding carboxylic acids is 1. The SMILES string of the molecule is COc1cc(C=O)cc(OC)c1SCCCCO. The Bertz CT molecular complexity index is 368. The maximum atomic E-state index is 10.8. The number of benzene rings is 1. The Hall–Kier alpha value is -1.20. The maximum Gasteiger partial charge on any atom is 0.150 e. The van der Waals surface area contributed by atoms with E-state index in [1.807, 2.05) is 0 Å². The second kappa shape index (κ2) is 8.00. The van der Waals surface area contributed by atoms with E-state index < -0.39 is 0 Å². The molecular weight excluding hydrogens is 252 g/mol. The molecule has 0 unspecified atom stereocenters. The van der Waals surface area contributed by atoms with Crippen LogP contribution < -0.4 is 9.47 Å². The Kier molecular flexibility index (Phi) is 6.60. The zero-order chi connectivity index (χ0) is 13.4. The van der Waals surface area contributed by atoms with Crippen LogP contribution in [0.4, 0.5) is 0 Å². The Morgan fingerprint density at radius 1 is 1.22 bits per heavy atom. The number of aliphatic hydroxyl groups is 1. The average molecular weight is 270 g/mol. The monoisotopic (exact) mass is 270 g/mol. The van der Waals surface area contributed by atoms with Crippen molar-refractivity contribution in [1.29, 1.82) is 0 Å². The third kappa shape index (κ3) is 3.92. The largest absolute Gasteiger partial charge is 0.495 e. The van der Waals surface area contributed by atoms with Gasteiger partial charge in [-0.2, -0.15) is 0 Å². The molecule has 18 heavy (non-hydrogen) atoms. The molecule has 0 spiro atoms. The van der Waals surface area contributed by atoms with Gasteiger partial charge in [0, 0.05) is 12.2 Å². The number of carbonyl (C=O) groups is 1. The fraction of sp³-hybridized carbons (Fsp3) is 0.462. The van der Waals surface area contributed by atoms with E-state index in [4.69, 9.17) is 14.6 Å². The molecule has 0 atom stereocenters. The molecule has 0 aliphatic carbocycles. The standard InChI is InChI=1S/C13H18O4S/c1-16-11-7-10(9-15)8-12(17-2)13(11)18-6-4-3-5-14/h7-9,14H,3-6H2,1-2H3. The summed E-state index contributed by atoms with van der Waals surface area (Å²) >= 11 is 1.60. The third-order valence-electron chi connectivity index (χ3n) is 2.42. The zero-order valence-electron chi connectivity index (χ0n) is 10.6. The molecule has 5 heteroatoms. The van der Waals surface area contributed by atoms with Crippen molar-refractivity contribution in [3.63, 3.8) is 0 Å². The smallest absolute Gasteiger partial charge is 0.150 e. The first-order valence-corrected chi connectivity index (χ1v) is 6.70. The van der Waals surface area contributed by atoms with Crippen LogP contribution in [-0.4, -0.2) is 38.0 Å². The topological polar surface area (TPSA) is 55.8 Å². The van der Waals surface area contributed by atoms with Crippen molar-refractivity contribution in [2.75, 3.05) is 26.6 Å². The number of ether oxygens (including phenoxy) is 2. The predicted molar refractivity (Wildman–Crippen MR) is 72.0 cm³/mol. The van der Waals surface area contributed by atoms with Crippen molar-refractivity contribution in [1.82, 2.24) is 0 Å². The minimum atomic E-state index is 0.207. The molecule has 0 radical (unpaired) electrons. The highest BCUT2D eigenvalue weighted by atomic mass is 32.2. The van der Waals surface area contributed by atoms with Gasteiger partial charge in [-0.15, -0.1) is 11.8 Å². The first-order chi connectivity index (χ1) is 8.76. The van der Waals surface area contributed by atoms with Crippen LogP contribution in [0, 0.1) is 0 Å². The van der Waals surface area contributed by atoms with Crippen molar-refractivity contribution in [2.24, 2.45) is 0 Å². The van der Waals surface area contributed by atoms with Crippen LogP contribution in [0.5, 0.6) is 11.5 Å². The summed E-state index contributed by atoms with van der Waals surface area (Å²) < 4.78 is 10.6. The minimum Gasteiger partial charge on any atom is -0.495 e. The van der Waals surface area contributed by atoms with E-state index in [-0.39, 0.29) is 6.61 Å². The van der Waals surface area contributed by atoms with E-state index in [1.54, 1.807) is 38.1 Å². The van der Waals surface area contributed by atoms with Gasteiger partial charge in [0.05, 0.1) is 19.1 Å². The van der Waals surface area contributed by atoms with Crippen molar-refractivity contribution in [3.05, 3.63) is 17.7 Å². The lowest BCUT2D eigenvalue weighted by atomic mass is 10.2. The molecule has 1 N–H and O–H groups in total. The summed E-state index contributed by atoms with van der Waals surface area (Å²) in [5, 5.41) is 8.74. The van der Waals surface area contributed by atoms with Crippen molar-refractivity contribution in [2.45, 2.75) is 17.7 Å². The summed E-state index contributed by atoms with van der Waals surface area (Å²) in [5.74, 6) is 2.16. The van der Waals surface area contributed by atoms with Crippen LogP contribution in [-0.2, 0) is 0 Å². The first kappa shape index (κ1) is 14.9. The van der Waals surface area contributed by atoms with Gasteiger partial charge in [-0.1, -0.05) is 0 Å². The van der Waals surface area contributed by atoms with Gasteiger partial charge >= 0.3 is 0 Å². The summed E-state index contributed by atoms with van der Waals surface area (Å²) in [5.41, 5.74) is 0.531. The summed E-state index contributed by atoms with van der Waals surface area (Å²) in [6.45, 7) is 0.207. The van der Waals surface area contributed by atoms with Crippen LogP contribution in [0.2, 0.25) is 0 Å². The Morgan fingerprint density at radius 3 is 2.28 bits per heavy atom. The molecule has 1 rings (SSSR count). The van der Waals surface area contributed by atoms with Crippen LogP contribution in [0.3, 0.4) is 0 Å². The van der Waals surface area contributed by atoms with Crippen molar-refractivity contribution < 1.29 is 19.4 Å². The summed E-state index contributed by atoms with van der Waals surface area (Å²) in [4.78, 5) is 11.7. The van der Waals surface area contributed by atoms with Crippen LogP contribution >= 0.6 is 11.8 Å². The predicted octanol–water partition coefficient (Wildman–Crippen LogP) is 2.38. The first-order valence-electron chi connectivity index (χ1n) is 5.71. The van der Waals surface area contributed by atoms with E-state index in [9.17, 15) is 4.79 Å². The van der Waals surface area contributed by atoms with Crippen LogP contribution in [0.25, 0.3) is 0 Å². The molecule has 4 nitrogen and oxygen atoms in total. The van der Waals surface area contributed by atoms with E-state index in [0.717, 1.165) is 29.8 Å². The number of hydrogen-bond acceptors (Lipinski definition) is 5. The van der Waals surface area contributed by atoms with Gasteiger partial charge in [0.25, 0.3) is 0 Å². The Labute approximate surface area is 111 Å². The number of rotatable bonds is 8. The summed E-state index contributed by atoms with van der Waals surface area (Å²) in [7, 11) is 3.14. The Balaban J connectivity index is 2.89. The quantitative estimate of drug-likeness (QED) is 0.446. The molecule has 0 bridgehead atoms. The molecule has 0 aromatic heterocycles. The highest BCUT2D eigenvalue weighted by Crippen LogP contribution is 2.39. The van der Waals surface area contributed by atoms with Gasteiger partial charge in [-0.3, -0.25) is 4.79 Å². The summed E-state index contributed by atoms with van der Waals surface area (Å²) in [6.07, 6.45) is 2.47. The average Bonchev–Trinajstić information content (AvgIpc) is 2.42. The molecular formula is C13H18O4S. The fourth-order valence-electron chi connectivity index (χ4n) is 1.50. The number of thioether (sulfide) groups is 1. The van der Waals surface area contributed by atoms with E-state index in [1.165, 1.54) is 0 Å². The van der Waals surface area contributed by atoms with Gasteiger partial charge in [0.15, 0.2) is 0 Å². The van der Waals surface area contributed by atoms with Crippen molar-refractivity contribution >= 4 is 18.0 Å². The second-order valence-electron chi connectivity index (χ2n) is 3.65. The van der Waals surface area contributed by atoms with Crippen LogP contribution in [0.15, 0.2) is 17.0 Å². The zero-order valence-corrected chi connectivity index (χ0v) is 11.5. The molecule has 1 aromatic carbocycles. The molecule has 0 saturated heterocycles. The molecule has 0 saturated carbocycles. The molecule has 1 aromatic rings. The number of aldehydes is 1. The normalized spacial score (nSPS) is 10.2. The van der Waals surface area contributed by atoms with E-state index in [2.05, 4.69) is 0 Å². The molecule has 0 aliphatic rings. The lowest BCUT2D eigenvalue weighted by molar-refractivity contribution is 0.112. The third-order valence-corrected chi connectivity index (χ3v) is 3.60. The van der Waals surface area contributed by atoms with Gasteiger partial charge in [-0.25, -0.2) is 0 Å². The Morgan fingerprint density at radius 2 is 1.83 bits per heavy atom. The van der Waals surface area contributed by atoms with Crippen molar-refractivity contribution in [3.8, 4) is 11.5 Å². The van der Waals surface area contributed by atoms with E-state index >= 15 is 0 Å². The fourth-order valence-corrected chi connectivity index (χ4v) is 2.62. The number of unbranched alkanes of at least 4 members (excludes halogenated alkanes) is 1. The number of hydrogen-bond donors (Lipinski definition) is 1. The van der Waals surface area contributed by atoms with Crippen LogP contribution in [0.1, 0.15) is 23.2 Å². The number of methoxy groups -OCH3 is 2. The summed E-state index contributed by atoms with van der Waals surface area (Å²) in [6, 6.07) is 3.40. The second-order valence-corrected chi connectivity index (χ2v) is 4.76. The molecule has 100 valence electrons. The number of aliphatic hydroxyl groups excluding tert-OH is 1.